The molecule has 1 aliphatic heterocycles. The highest BCUT2D eigenvalue weighted by molar-refractivity contribution is 7.07. The van der Waals surface area contributed by atoms with Crippen LogP contribution < -0.4 is 10.6 Å². The molecule has 0 saturated carbocycles. The van der Waals surface area contributed by atoms with E-state index in [0.29, 0.717) is 41.4 Å². The number of nitrogens with one attached hydrogen (secondary N) is 2. The van der Waals surface area contributed by atoms with Gasteiger partial charge in [-0.2, -0.15) is 11.3 Å². The maximum Gasteiger partial charge on any atom is 0.323 e. The number of aryl methyl sites for hydroxylation is 2. The molecule has 1 saturated heterocycles. The highest BCUT2D eigenvalue weighted by Gasteiger charge is 2.30. The van der Waals surface area contributed by atoms with E-state index >= 15 is 0 Å². The molecule has 38 heavy (non-hydrogen) atoms. The van der Waals surface area contributed by atoms with Crippen LogP contribution in [0.5, 0.6) is 0 Å². The number of likely N-dealkylation sites (tertiary alicyclic amines) is 1. The molecule has 10 heteroatoms. The Morgan fingerprint density at radius 2 is 2.03 bits per heavy atom. The molecule has 3 aromatic heterocycles. The molecule has 0 unspecified atom stereocenters. The lowest BCUT2D eigenvalue weighted by molar-refractivity contribution is 0.0918. The Labute approximate surface area is 233 Å². The fourth-order valence-electron chi connectivity index (χ4n) is 5.00. The van der Waals surface area contributed by atoms with Crippen LogP contribution >= 0.6 is 22.9 Å². The molecule has 0 radical (unpaired) electrons. The molecule has 0 aromatic carbocycles. The molecule has 0 aliphatic carbocycles. The van der Waals surface area contributed by atoms with E-state index in [4.69, 9.17) is 11.6 Å². The van der Waals surface area contributed by atoms with Crippen molar-refractivity contribution in [2.75, 3.05) is 25.0 Å². The van der Waals surface area contributed by atoms with Crippen LogP contribution in [0, 0.1) is 13.8 Å². The van der Waals surface area contributed by atoms with Gasteiger partial charge in [-0.15, -0.1) is 0 Å². The Kier molecular flexibility index (Phi) is 9.71. The molecular formula is C28H35ClN6O2S. The maximum atomic E-state index is 13.3. The van der Waals surface area contributed by atoms with Crippen molar-refractivity contribution in [1.82, 2.24) is 25.1 Å². The Balaban J connectivity index is 1.29. The quantitative estimate of drug-likeness (QED) is 0.340. The number of halogens is 1. The first kappa shape index (κ1) is 28.0. The number of hydrogen-bond acceptors (Lipinski definition) is 6. The summed E-state index contributed by atoms with van der Waals surface area (Å²) >= 11 is 7.64. The number of thiophene rings is 1. The lowest BCUT2D eigenvalue weighted by Gasteiger charge is -2.40. The fraction of sp³-hybridized carbons (Fsp3) is 0.429. The number of hydrogen-bond donors (Lipinski definition) is 2. The second kappa shape index (κ2) is 13.2. The van der Waals surface area contributed by atoms with Crippen molar-refractivity contribution >= 4 is 40.7 Å². The van der Waals surface area contributed by atoms with E-state index in [0.717, 1.165) is 43.5 Å². The summed E-state index contributed by atoms with van der Waals surface area (Å²) in [6, 6.07) is 9.62. The van der Waals surface area contributed by atoms with Gasteiger partial charge >= 0.3 is 6.03 Å². The van der Waals surface area contributed by atoms with Crippen LogP contribution in [0.3, 0.4) is 0 Å². The Morgan fingerprint density at radius 3 is 2.68 bits per heavy atom. The van der Waals surface area contributed by atoms with Crippen LogP contribution in [0.2, 0.25) is 5.15 Å². The van der Waals surface area contributed by atoms with Gasteiger partial charge in [-0.25, -0.2) is 14.8 Å². The van der Waals surface area contributed by atoms with Crippen LogP contribution in [-0.4, -0.2) is 63.4 Å². The molecule has 3 amide bonds. The summed E-state index contributed by atoms with van der Waals surface area (Å²) in [5.74, 6) is 0.443. The molecular weight excluding hydrogens is 520 g/mol. The van der Waals surface area contributed by atoms with Crippen LogP contribution in [0.25, 0.3) is 0 Å². The van der Waals surface area contributed by atoms with Crippen molar-refractivity contribution < 1.29 is 9.59 Å². The average molecular weight is 555 g/mol. The highest BCUT2D eigenvalue weighted by Crippen LogP contribution is 2.23. The first-order valence-corrected chi connectivity index (χ1v) is 14.3. The number of rotatable bonds is 9. The molecule has 0 spiro atoms. The van der Waals surface area contributed by atoms with E-state index in [1.54, 1.807) is 36.6 Å². The standard InChI is InChI=1S/C28H35ClN6O2S/c1-19-16-24(29)32-21(3)26(19)27(36)31-12-7-20(2)34-13-8-23(9-14-34)35(17-22-10-15-38-18-22)28(37)33-25-6-4-5-11-30-25/h4-6,10-11,15-16,18,20,23H,7-9,12-14,17H2,1-3H3,(H,31,36)(H,30,33,37)/t20-/m1/s1. The second-order valence-corrected chi connectivity index (χ2v) is 11.0. The third kappa shape index (κ3) is 7.30. The molecule has 1 atom stereocenters. The summed E-state index contributed by atoms with van der Waals surface area (Å²) in [4.78, 5) is 38.9. The fourth-order valence-corrected chi connectivity index (χ4v) is 5.95. The Hall–Kier alpha value is -3.01. The third-order valence-electron chi connectivity index (χ3n) is 7.10. The third-order valence-corrected chi connectivity index (χ3v) is 8.02. The summed E-state index contributed by atoms with van der Waals surface area (Å²) in [5.41, 5.74) is 3.20. The minimum Gasteiger partial charge on any atom is -0.352 e. The zero-order valence-corrected chi connectivity index (χ0v) is 23.7. The number of anilines is 1. The average Bonchev–Trinajstić information content (AvgIpc) is 3.41. The number of carbonyl (C=O) groups excluding carboxylic acids is 2. The van der Waals surface area contributed by atoms with Crippen molar-refractivity contribution in [2.24, 2.45) is 0 Å². The van der Waals surface area contributed by atoms with E-state index in [-0.39, 0.29) is 18.0 Å². The van der Waals surface area contributed by atoms with Crippen molar-refractivity contribution in [3.63, 3.8) is 0 Å². The van der Waals surface area contributed by atoms with Gasteiger partial charge in [0.1, 0.15) is 11.0 Å². The van der Waals surface area contributed by atoms with E-state index < -0.39 is 0 Å². The molecule has 1 fully saturated rings. The van der Waals surface area contributed by atoms with Crippen molar-refractivity contribution in [1.29, 1.82) is 0 Å². The molecule has 3 aromatic rings. The highest BCUT2D eigenvalue weighted by atomic mass is 35.5. The predicted molar refractivity (Wildman–Crippen MR) is 153 cm³/mol. The van der Waals surface area contributed by atoms with Crippen LogP contribution in [0.1, 0.15) is 53.4 Å². The van der Waals surface area contributed by atoms with Crippen molar-refractivity contribution in [2.45, 2.75) is 58.7 Å². The monoisotopic (exact) mass is 554 g/mol. The van der Waals surface area contributed by atoms with E-state index in [2.05, 4.69) is 43.9 Å². The molecule has 4 heterocycles. The lowest BCUT2D eigenvalue weighted by Crippen LogP contribution is -2.50. The van der Waals surface area contributed by atoms with E-state index in [1.165, 1.54) is 0 Å². The Morgan fingerprint density at radius 1 is 1.24 bits per heavy atom. The summed E-state index contributed by atoms with van der Waals surface area (Å²) in [6.45, 7) is 8.83. The smallest absolute Gasteiger partial charge is 0.323 e. The minimum atomic E-state index is -0.119. The number of amides is 3. The van der Waals surface area contributed by atoms with E-state index in [1.807, 2.05) is 29.3 Å². The van der Waals surface area contributed by atoms with Crippen molar-refractivity contribution in [3.8, 4) is 0 Å². The summed E-state index contributed by atoms with van der Waals surface area (Å²) in [5, 5.41) is 10.5. The minimum absolute atomic E-state index is 0.113. The topological polar surface area (TPSA) is 90.5 Å². The van der Waals surface area contributed by atoms with Gasteiger partial charge in [0, 0.05) is 44.5 Å². The van der Waals surface area contributed by atoms with Crippen LogP contribution in [0.4, 0.5) is 10.6 Å². The van der Waals surface area contributed by atoms with Gasteiger partial charge in [0.2, 0.25) is 0 Å². The number of urea groups is 1. The Bertz CT molecular complexity index is 1190. The SMILES string of the molecule is Cc1cc(Cl)nc(C)c1C(=O)NCC[C@@H](C)N1CCC(N(Cc2ccsc2)C(=O)Nc2ccccn2)CC1. The molecule has 1 aliphatic rings. The maximum absolute atomic E-state index is 13.3. The first-order chi connectivity index (χ1) is 18.3. The van der Waals surface area contributed by atoms with E-state index in [9.17, 15) is 9.59 Å². The summed E-state index contributed by atoms with van der Waals surface area (Å²) < 4.78 is 0. The summed E-state index contributed by atoms with van der Waals surface area (Å²) in [7, 11) is 0. The van der Waals surface area contributed by atoms with Gasteiger partial charge in [0.25, 0.3) is 5.91 Å². The van der Waals surface area contributed by atoms with Gasteiger partial charge in [-0.3, -0.25) is 10.1 Å². The molecule has 0 bridgehead atoms. The van der Waals surface area contributed by atoms with Gasteiger partial charge in [0.05, 0.1) is 11.3 Å². The first-order valence-electron chi connectivity index (χ1n) is 13.0. The van der Waals surface area contributed by atoms with Crippen LogP contribution in [-0.2, 0) is 6.54 Å². The number of pyridine rings is 2. The normalized spacial score (nSPS) is 15.2. The molecule has 2 N–H and O–H groups in total. The number of aromatic nitrogens is 2. The molecule has 8 nitrogen and oxygen atoms in total. The van der Waals surface area contributed by atoms with Crippen LogP contribution in [0.15, 0.2) is 47.3 Å². The zero-order chi connectivity index (χ0) is 27.1. The number of carbonyl (C=O) groups is 2. The summed E-state index contributed by atoms with van der Waals surface area (Å²) in [6.07, 6.45) is 4.31. The predicted octanol–water partition coefficient (Wildman–Crippen LogP) is 5.52. The largest absolute Gasteiger partial charge is 0.352 e. The van der Waals surface area contributed by atoms with Gasteiger partial charge in [-0.05, 0) is 86.2 Å². The number of nitrogens with zero attached hydrogens (tertiary/aromatic N) is 4. The van der Waals surface area contributed by atoms with Gasteiger partial charge < -0.3 is 15.1 Å². The second-order valence-electron chi connectivity index (χ2n) is 9.79. The van der Waals surface area contributed by atoms with Gasteiger partial charge in [-0.1, -0.05) is 17.7 Å². The molecule has 202 valence electrons. The lowest BCUT2D eigenvalue weighted by atomic mass is 10.0. The zero-order valence-electron chi connectivity index (χ0n) is 22.1. The molecule has 4 rings (SSSR count). The van der Waals surface area contributed by atoms with Crippen molar-refractivity contribution in [3.05, 3.63) is 74.8 Å². The van der Waals surface area contributed by atoms with Gasteiger partial charge in [0.15, 0.2) is 0 Å². The number of piperidine rings is 1.